The first-order valence-corrected chi connectivity index (χ1v) is 6.49. The minimum absolute atomic E-state index is 0.113. The Balaban J connectivity index is 2.46. The molecule has 2 rings (SSSR count). The quantitative estimate of drug-likeness (QED) is 0.912. The van der Waals surface area contributed by atoms with Gasteiger partial charge in [0.2, 0.25) is 0 Å². The minimum atomic E-state index is -0.113. The molecule has 0 aliphatic heterocycles. The van der Waals surface area contributed by atoms with E-state index in [1.165, 1.54) is 0 Å². The highest BCUT2D eigenvalue weighted by Crippen LogP contribution is 2.26. The third-order valence-corrected chi connectivity index (χ3v) is 3.19. The highest BCUT2D eigenvalue weighted by molar-refractivity contribution is 5.57. The summed E-state index contributed by atoms with van der Waals surface area (Å²) < 4.78 is 0. The van der Waals surface area contributed by atoms with Gasteiger partial charge >= 0.3 is 0 Å². The lowest BCUT2D eigenvalue weighted by molar-refractivity contribution is 0.456. The third kappa shape index (κ3) is 3.15. The third-order valence-electron chi connectivity index (χ3n) is 3.19. The van der Waals surface area contributed by atoms with Crippen molar-refractivity contribution in [3.63, 3.8) is 0 Å². The monoisotopic (exact) mass is 256 g/mol. The van der Waals surface area contributed by atoms with Crippen molar-refractivity contribution < 1.29 is 0 Å². The van der Waals surface area contributed by atoms with Gasteiger partial charge in [-0.05, 0) is 38.1 Å². The molecule has 0 spiro atoms. The predicted molar refractivity (Wildman–Crippen MR) is 76.7 cm³/mol. The van der Waals surface area contributed by atoms with Gasteiger partial charge in [0, 0.05) is 29.1 Å². The molecule has 0 bridgehead atoms. The summed E-state index contributed by atoms with van der Waals surface area (Å²) in [4.78, 5) is 13.4. The van der Waals surface area contributed by atoms with Gasteiger partial charge in [-0.15, -0.1) is 0 Å². The number of pyridine rings is 1. The van der Waals surface area contributed by atoms with E-state index in [-0.39, 0.29) is 5.41 Å². The molecule has 100 valence electrons. The van der Waals surface area contributed by atoms with Gasteiger partial charge in [-0.1, -0.05) is 13.8 Å². The summed E-state index contributed by atoms with van der Waals surface area (Å²) in [6.07, 6.45) is 4.45. The zero-order valence-corrected chi connectivity index (χ0v) is 11.7. The normalized spacial score (nSPS) is 11.6. The highest BCUT2D eigenvalue weighted by Gasteiger charge is 2.24. The molecule has 0 atom stereocenters. The number of rotatable bonds is 4. The topological polar surface area (TPSA) is 64.7 Å². The van der Waals surface area contributed by atoms with Crippen LogP contribution in [0.2, 0.25) is 0 Å². The van der Waals surface area contributed by atoms with Gasteiger partial charge in [0.05, 0.1) is 5.69 Å². The van der Waals surface area contributed by atoms with Gasteiger partial charge in [0.1, 0.15) is 5.82 Å². The molecule has 2 N–H and O–H groups in total. The fourth-order valence-corrected chi connectivity index (χ4v) is 2.01. The number of aryl methyl sites for hydroxylation is 1. The summed E-state index contributed by atoms with van der Waals surface area (Å²) >= 11 is 0. The number of aromatic nitrogens is 3. The Bertz CT molecular complexity index is 549. The molecule has 4 nitrogen and oxygen atoms in total. The van der Waals surface area contributed by atoms with E-state index in [4.69, 9.17) is 5.73 Å². The van der Waals surface area contributed by atoms with E-state index in [9.17, 15) is 0 Å². The Morgan fingerprint density at radius 1 is 1.26 bits per heavy atom. The van der Waals surface area contributed by atoms with E-state index >= 15 is 0 Å². The summed E-state index contributed by atoms with van der Waals surface area (Å²) in [6, 6.07) is 5.91. The van der Waals surface area contributed by atoms with Crippen LogP contribution < -0.4 is 5.73 Å². The molecule has 0 saturated heterocycles. The molecule has 2 aromatic heterocycles. The van der Waals surface area contributed by atoms with Crippen molar-refractivity contribution in [3.05, 3.63) is 42.1 Å². The molecule has 0 aromatic carbocycles. The average molecular weight is 256 g/mol. The zero-order valence-electron chi connectivity index (χ0n) is 11.7. The molecule has 19 heavy (non-hydrogen) atoms. The number of nitrogens with two attached hydrogens (primary N) is 1. The number of hydrogen-bond acceptors (Lipinski definition) is 4. The van der Waals surface area contributed by atoms with Crippen LogP contribution >= 0.6 is 0 Å². The summed E-state index contributed by atoms with van der Waals surface area (Å²) in [6.45, 7) is 6.87. The molecule has 4 heteroatoms. The molecule has 0 radical (unpaired) electrons. The van der Waals surface area contributed by atoms with Crippen molar-refractivity contribution in [2.75, 3.05) is 6.54 Å². The van der Waals surface area contributed by atoms with Crippen LogP contribution in [0.1, 0.15) is 31.8 Å². The minimum Gasteiger partial charge on any atom is -0.330 e. The lowest BCUT2D eigenvalue weighted by atomic mass is 9.88. The molecular weight excluding hydrogens is 236 g/mol. The zero-order chi connectivity index (χ0) is 13.9. The molecule has 2 aromatic rings. The maximum absolute atomic E-state index is 5.67. The Kier molecular flexibility index (Phi) is 3.90. The van der Waals surface area contributed by atoms with E-state index in [2.05, 4.69) is 28.8 Å². The Hall–Kier alpha value is -1.81. The second kappa shape index (κ2) is 5.45. The van der Waals surface area contributed by atoms with Gasteiger partial charge < -0.3 is 5.73 Å². The van der Waals surface area contributed by atoms with Crippen LogP contribution in [-0.2, 0) is 5.41 Å². The summed E-state index contributed by atoms with van der Waals surface area (Å²) in [7, 11) is 0. The van der Waals surface area contributed by atoms with Crippen molar-refractivity contribution >= 4 is 0 Å². The van der Waals surface area contributed by atoms with Crippen molar-refractivity contribution in [3.8, 4) is 11.3 Å². The SMILES string of the molecule is Cc1cc(-c2cccnc2)nc(C(C)(C)CCN)n1. The van der Waals surface area contributed by atoms with Crippen LogP contribution in [-0.4, -0.2) is 21.5 Å². The summed E-state index contributed by atoms with van der Waals surface area (Å²) in [5, 5.41) is 0. The molecular formula is C15H20N4. The number of nitrogens with zero attached hydrogens (tertiary/aromatic N) is 3. The highest BCUT2D eigenvalue weighted by atomic mass is 14.9. The Morgan fingerprint density at radius 3 is 2.68 bits per heavy atom. The molecule has 2 heterocycles. The van der Waals surface area contributed by atoms with Crippen LogP contribution in [0.25, 0.3) is 11.3 Å². The van der Waals surface area contributed by atoms with Crippen LogP contribution in [0.5, 0.6) is 0 Å². The lowest BCUT2D eigenvalue weighted by Gasteiger charge is -2.23. The maximum atomic E-state index is 5.67. The van der Waals surface area contributed by atoms with E-state index in [0.717, 1.165) is 29.2 Å². The summed E-state index contributed by atoms with van der Waals surface area (Å²) in [5.74, 6) is 0.844. The predicted octanol–water partition coefficient (Wildman–Crippen LogP) is 2.47. The smallest absolute Gasteiger partial charge is 0.134 e. The van der Waals surface area contributed by atoms with Gasteiger partial charge in [0.25, 0.3) is 0 Å². The van der Waals surface area contributed by atoms with E-state index < -0.39 is 0 Å². The van der Waals surface area contributed by atoms with Gasteiger partial charge in [0.15, 0.2) is 0 Å². The first-order valence-electron chi connectivity index (χ1n) is 6.49. The summed E-state index contributed by atoms with van der Waals surface area (Å²) in [5.41, 5.74) is 8.46. The molecule has 0 fully saturated rings. The first kappa shape index (κ1) is 13.6. The van der Waals surface area contributed by atoms with Crippen LogP contribution in [0.15, 0.2) is 30.6 Å². The van der Waals surface area contributed by atoms with Crippen LogP contribution in [0.3, 0.4) is 0 Å². The molecule has 0 saturated carbocycles. The van der Waals surface area contributed by atoms with Gasteiger partial charge in [-0.2, -0.15) is 0 Å². The first-order chi connectivity index (χ1) is 9.03. The van der Waals surface area contributed by atoms with Crippen molar-refractivity contribution in [2.24, 2.45) is 5.73 Å². The molecule has 0 aliphatic rings. The van der Waals surface area contributed by atoms with Gasteiger partial charge in [-0.25, -0.2) is 9.97 Å². The lowest BCUT2D eigenvalue weighted by Crippen LogP contribution is -2.25. The number of hydrogen-bond donors (Lipinski definition) is 1. The Labute approximate surface area is 114 Å². The van der Waals surface area contributed by atoms with E-state index in [0.29, 0.717) is 6.54 Å². The fourth-order valence-electron chi connectivity index (χ4n) is 2.01. The second-order valence-electron chi connectivity index (χ2n) is 5.38. The van der Waals surface area contributed by atoms with Gasteiger partial charge in [-0.3, -0.25) is 4.98 Å². The fraction of sp³-hybridized carbons (Fsp3) is 0.400. The van der Waals surface area contributed by atoms with Crippen molar-refractivity contribution in [2.45, 2.75) is 32.6 Å². The Morgan fingerprint density at radius 2 is 2.05 bits per heavy atom. The average Bonchev–Trinajstić information content (AvgIpc) is 2.39. The van der Waals surface area contributed by atoms with Crippen LogP contribution in [0.4, 0.5) is 0 Å². The maximum Gasteiger partial charge on any atom is 0.134 e. The van der Waals surface area contributed by atoms with Crippen molar-refractivity contribution in [1.82, 2.24) is 15.0 Å². The largest absolute Gasteiger partial charge is 0.330 e. The van der Waals surface area contributed by atoms with E-state index in [1.54, 1.807) is 6.20 Å². The van der Waals surface area contributed by atoms with Crippen LogP contribution in [0, 0.1) is 6.92 Å². The molecule has 0 amide bonds. The molecule has 0 unspecified atom stereocenters. The van der Waals surface area contributed by atoms with E-state index in [1.807, 2.05) is 31.3 Å². The second-order valence-corrected chi connectivity index (χ2v) is 5.38. The van der Waals surface area contributed by atoms with Crippen molar-refractivity contribution in [1.29, 1.82) is 0 Å². The molecule has 0 aliphatic carbocycles. The standard InChI is InChI=1S/C15H20N4/c1-11-9-13(12-5-4-8-17-10-12)19-14(18-11)15(2,3)6-7-16/h4-5,8-10H,6-7,16H2,1-3H3.